The maximum absolute atomic E-state index is 12.7. The van der Waals surface area contributed by atoms with Crippen molar-refractivity contribution >= 4 is 29.0 Å². The Kier molecular flexibility index (Phi) is 4.88. The second-order valence-corrected chi connectivity index (χ2v) is 6.05. The predicted molar refractivity (Wildman–Crippen MR) is 106 cm³/mol. The average molecular weight is 374 g/mol. The molecule has 3 heterocycles. The van der Waals surface area contributed by atoms with Crippen LogP contribution in [-0.4, -0.2) is 28.2 Å². The molecule has 1 aromatic carbocycles. The number of hydrogen-bond acceptors (Lipinski definition) is 5. The first-order valence-corrected chi connectivity index (χ1v) is 8.70. The summed E-state index contributed by atoms with van der Waals surface area (Å²) in [6, 6.07) is 10.9. The molecule has 0 atom stereocenters. The first-order chi connectivity index (χ1) is 13.8. The van der Waals surface area contributed by atoms with E-state index in [4.69, 9.17) is 9.15 Å². The van der Waals surface area contributed by atoms with Gasteiger partial charge in [0.15, 0.2) is 0 Å². The number of aromatic nitrogens is 3. The van der Waals surface area contributed by atoms with E-state index in [1.54, 1.807) is 44.0 Å². The van der Waals surface area contributed by atoms with Gasteiger partial charge >= 0.3 is 0 Å². The number of ether oxygens (including phenoxy) is 1. The fraction of sp³-hybridized carbons (Fsp3) is 0.0952. The molecule has 28 heavy (non-hydrogen) atoms. The molecule has 0 spiro atoms. The molecule has 7 heteroatoms. The zero-order valence-corrected chi connectivity index (χ0v) is 15.2. The van der Waals surface area contributed by atoms with E-state index in [-0.39, 0.29) is 5.91 Å². The summed E-state index contributed by atoms with van der Waals surface area (Å²) in [5, 5.41) is 10.9. The number of nitrogens with one attached hydrogen (secondary N) is 2. The second kappa shape index (κ2) is 7.79. The molecule has 4 rings (SSSR count). The Morgan fingerprint density at radius 2 is 2.07 bits per heavy atom. The number of amides is 1. The number of nitrogens with zero attached hydrogens (tertiary/aromatic N) is 2. The van der Waals surface area contributed by atoms with Gasteiger partial charge in [0, 0.05) is 12.4 Å². The fourth-order valence-electron chi connectivity index (χ4n) is 2.94. The third kappa shape index (κ3) is 3.50. The van der Waals surface area contributed by atoms with Crippen molar-refractivity contribution in [3.63, 3.8) is 0 Å². The van der Waals surface area contributed by atoms with E-state index < -0.39 is 0 Å². The summed E-state index contributed by atoms with van der Waals surface area (Å²) in [7, 11) is 1.54. The number of benzene rings is 1. The summed E-state index contributed by atoms with van der Waals surface area (Å²) >= 11 is 0. The molecule has 140 valence electrons. The smallest absolute Gasteiger partial charge is 0.255 e. The average Bonchev–Trinajstić information content (AvgIpc) is 3.40. The SMILES string of the molecule is COc1c(C(=O)NCc2ccco2)ccc2[nH]nc(/C=C/c3ccncc3)c12. The van der Waals surface area contributed by atoms with E-state index in [0.29, 0.717) is 29.3 Å². The topological polar surface area (TPSA) is 93.0 Å². The minimum Gasteiger partial charge on any atom is -0.495 e. The Balaban J connectivity index is 1.66. The third-order valence-electron chi connectivity index (χ3n) is 4.30. The van der Waals surface area contributed by atoms with E-state index in [0.717, 1.165) is 16.5 Å². The van der Waals surface area contributed by atoms with Crippen molar-refractivity contribution < 1.29 is 13.9 Å². The Morgan fingerprint density at radius 3 is 2.82 bits per heavy atom. The molecule has 0 unspecified atom stereocenters. The number of H-pyrrole nitrogens is 1. The lowest BCUT2D eigenvalue weighted by molar-refractivity contribution is 0.0945. The van der Waals surface area contributed by atoms with Gasteiger partial charge in [-0.25, -0.2) is 0 Å². The molecular formula is C21H18N4O3. The summed E-state index contributed by atoms with van der Waals surface area (Å²) in [5.41, 5.74) is 2.90. The quantitative estimate of drug-likeness (QED) is 0.537. The van der Waals surface area contributed by atoms with Crippen LogP contribution in [0, 0.1) is 0 Å². The standard InChI is InChI=1S/C21H18N4O3/c1-27-20-16(21(26)23-13-15-3-2-12-28-15)5-7-18-19(20)17(24-25-18)6-4-14-8-10-22-11-9-14/h2-12H,13H2,1H3,(H,23,26)(H,24,25)/b6-4+. The lowest BCUT2D eigenvalue weighted by atomic mass is 10.1. The molecule has 0 saturated carbocycles. The molecule has 0 saturated heterocycles. The maximum atomic E-state index is 12.7. The third-order valence-corrected chi connectivity index (χ3v) is 4.30. The van der Waals surface area contributed by atoms with E-state index >= 15 is 0 Å². The fourth-order valence-corrected chi connectivity index (χ4v) is 2.94. The lowest BCUT2D eigenvalue weighted by Crippen LogP contribution is -2.23. The van der Waals surface area contributed by atoms with Crippen LogP contribution in [-0.2, 0) is 6.54 Å². The van der Waals surface area contributed by atoms with Crippen LogP contribution in [0.15, 0.2) is 59.5 Å². The van der Waals surface area contributed by atoms with Gasteiger partial charge in [0.05, 0.1) is 42.1 Å². The highest BCUT2D eigenvalue weighted by Crippen LogP contribution is 2.32. The van der Waals surface area contributed by atoms with Crippen LogP contribution in [0.1, 0.15) is 27.4 Å². The number of aromatic amines is 1. The first-order valence-electron chi connectivity index (χ1n) is 8.70. The summed E-state index contributed by atoms with van der Waals surface area (Å²) in [6.45, 7) is 0.299. The molecule has 4 aromatic rings. The predicted octanol–water partition coefficient (Wildman–Crippen LogP) is 3.66. The van der Waals surface area contributed by atoms with Crippen molar-refractivity contribution in [3.05, 3.63) is 77.6 Å². The molecule has 0 aliphatic heterocycles. The van der Waals surface area contributed by atoms with Crippen molar-refractivity contribution in [2.75, 3.05) is 7.11 Å². The monoisotopic (exact) mass is 374 g/mol. The van der Waals surface area contributed by atoms with Crippen LogP contribution in [0.5, 0.6) is 5.75 Å². The minimum absolute atomic E-state index is 0.250. The minimum atomic E-state index is -0.250. The van der Waals surface area contributed by atoms with Gasteiger partial charge in [0.25, 0.3) is 5.91 Å². The van der Waals surface area contributed by atoms with Gasteiger partial charge in [0.1, 0.15) is 11.5 Å². The van der Waals surface area contributed by atoms with Crippen molar-refractivity contribution in [1.29, 1.82) is 0 Å². The van der Waals surface area contributed by atoms with Crippen LogP contribution < -0.4 is 10.1 Å². The molecule has 1 amide bonds. The van der Waals surface area contributed by atoms with Gasteiger partial charge in [-0.1, -0.05) is 6.08 Å². The largest absolute Gasteiger partial charge is 0.495 e. The first kappa shape index (κ1) is 17.5. The highest BCUT2D eigenvalue weighted by molar-refractivity contribution is 6.05. The number of fused-ring (bicyclic) bond motifs is 1. The second-order valence-electron chi connectivity index (χ2n) is 6.05. The Labute approximate surface area is 161 Å². The van der Waals surface area contributed by atoms with Crippen molar-refractivity contribution in [3.8, 4) is 5.75 Å². The Bertz CT molecular complexity index is 1120. The normalized spacial score (nSPS) is 11.2. The maximum Gasteiger partial charge on any atom is 0.255 e. The lowest BCUT2D eigenvalue weighted by Gasteiger charge is -2.10. The van der Waals surface area contributed by atoms with Crippen molar-refractivity contribution in [2.45, 2.75) is 6.54 Å². The van der Waals surface area contributed by atoms with Gasteiger partial charge in [-0.05, 0) is 48.0 Å². The number of furan rings is 1. The number of pyridine rings is 1. The van der Waals surface area contributed by atoms with Crippen molar-refractivity contribution in [2.24, 2.45) is 0 Å². The zero-order valence-electron chi connectivity index (χ0n) is 15.2. The summed E-state index contributed by atoms with van der Waals surface area (Å²) < 4.78 is 10.8. The molecule has 0 bridgehead atoms. The van der Waals surface area contributed by atoms with Crippen LogP contribution in [0.3, 0.4) is 0 Å². The molecule has 2 N–H and O–H groups in total. The summed E-state index contributed by atoms with van der Waals surface area (Å²) in [4.78, 5) is 16.7. The number of methoxy groups -OCH3 is 1. The van der Waals surface area contributed by atoms with E-state index in [1.807, 2.05) is 30.4 Å². The van der Waals surface area contributed by atoms with Gasteiger partial charge in [0.2, 0.25) is 0 Å². The molecule has 0 aliphatic carbocycles. The Hall–Kier alpha value is -3.87. The number of carbonyl (C=O) groups is 1. The Morgan fingerprint density at radius 1 is 1.21 bits per heavy atom. The molecular weight excluding hydrogens is 356 g/mol. The van der Waals surface area contributed by atoms with Crippen molar-refractivity contribution in [1.82, 2.24) is 20.5 Å². The van der Waals surface area contributed by atoms with E-state index in [1.165, 1.54) is 0 Å². The van der Waals surface area contributed by atoms with Crippen LogP contribution in [0.4, 0.5) is 0 Å². The van der Waals surface area contributed by atoms with Gasteiger partial charge in [-0.15, -0.1) is 0 Å². The van der Waals surface area contributed by atoms with Crippen LogP contribution >= 0.6 is 0 Å². The highest BCUT2D eigenvalue weighted by Gasteiger charge is 2.18. The number of hydrogen-bond donors (Lipinski definition) is 2. The van der Waals surface area contributed by atoms with Crippen LogP contribution in [0.2, 0.25) is 0 Å². The van der Waals surface area contributed by atoms with Gasteiger partial charge in [-0.2, -0.15) is 5.10 Å². The van der Waals surface area contributed by atoms with Gasteiger partial charge in [-0.3, -0.25) is 14.9 Å². The highest BCUT2D eigenvalue weighted by atomic mass is 16.5. The summed E-state index contributed by atoms with van der Waals surface area (Å²) in [5.74, 6) is 0.899. The van der Waals surface area contributed by atoms with E-state index in [2.05, 4.69) is 20.5 Å². The molecule has 0 radical (unpaired) electrons. The van der Waals surface area contributed by atoms with E-state index in [9.17, 15) is 4.79 Å². The van der Waals surface area contributed by atoms with Gasteiger partial charge < -0.3 is 14.5 Å². The summed E-state index contributed by atoms with van der Waals surface area (Å²) in [6.07, 6.45) is 8.83. The zero-order chi connectivity index (χ0) is 19.3. The van der Waals surface area contributed by atoms with Crippen LogP contribution in [0.25, 0.3) is 23.1 Å². The number of carbonyl (C=O) groups excluding carboxylic acids is 1. The molecule has 0 aliphatic rings. The molecule has 7 nitrogen and oxygen atoms in total. The molecule has 0 fully saturated rings. The number of rotatable bonds is 6. The molecule has 3 aromatic heterocycles.